The van der Waals surface area contributed by atoms with Crippen molar-refractivity contribution in [2.24, 2.45) is 11.7 Å². The van der Waals surface area contributed by atoms with E-state index in [1.54, 1.807) is 0 Å². The molecule has 0 aromatic carbocycles. The van der Waals surface area contributed by atoms with Crippen LogP contribution in [0, 0.1) is 5.92 Å². The Balaban J connectivity index is 3.24. The van der Waals surface area contributed by atoms with E-state index in [1.165, 1.54) is 0 Å². The van der Waals surface area contributed by atoms with Crippen molar-refractivity contribution < 1.29 is 9.47 Å². The van der Waals surface area contributed by atoms with E-state index >= 15 is 0 Å². The van der Waals surface area contributed by atoms with Gasteiger partial charge in [0, 0.05) is 26.4 Å². The summed E-state index contributed by atoms with van der Waals surface area (Å²) in [6, 6.07) is 0. The number of ether oxygens (including phenoxy) is 2. The lowest BCUT2D eigenvalue weighted by atomic mass is 10.1. The summed E-state index contributed by atoms with van der Waals surface area (Å²) in [5, 5.41) is 0. The molecule has 0 bridgehead atoms. The normalized spacial score (nSPS) is 13.5. The molecule has 0 aromatic heterocycles. The first kappa shape index (κ1) is 13.9. The Morgan fingerprint density at radius 2 is 1.79 bits per heavy atom. The number of hydrogen-bond acceptors (Lipinski definition) is 3. The summed E-state index contributed by atoms with van der Waals surface area (Å²) in [4.78, 5) is 0. The monoisotopic (exact) mass is 203 g/mol. The lowest BCUT2D eigenvalue weighted by molar-refractivity contribution is 0.0309. The smallest absolute Gasteiger partial charge is 0.0719 e. The average molecular weight is 203 g/mol. The minimum absolute atomic E-state index is 0.166. The van der Waals surface area contributed by atoms with E-state index in [0.29, 0.717) is 12.5 Å². The van der Waals surface area contributed by atoms with Gasteiger partial charge in [0.05, 0.1) is 6.10 Å². The van der Waals surface area contributed by atoms with E-state index in [2.05, 4.69) is 13.8 Å². The molecule has 3 heteroatoms. The molecule has 0 saturated carbocycles. The summed E-state index contributed by atoms with van der Waals surface area (Å²) in [6.45, 7) is 9.31. The van der Waals surface area contributed by atoms with Crippen molar-refractivity contribution in [2.45, 2.75) is 39.7 Å². The fourth-order valence-corrected chi connectivity index (χ4v) is 1.14. The third-order valence-corrected chi connectivity index (χ3v) is 2.09. The fraction of sp³-hybridized carbons (Fsp3) is 1.00. The molecule has 86 valence electrons. The zero-order chi connectivity index (χ0) is 10.8. The van der Waals surface area contributed by atoms with Crippen LogP contribution in [-0.2, 0) is 9.47 Å². The third kappa shape index (κ3) is 8.48. The van der Waals surface area contributed by atoms with Gasteiger partial charge in [-0.2, -0.15) is 0 Å². The van der Waals surface area contributed by atoms with Gasteiger partial charge in [-0.05, 0) is 25.7 Å². The molecular formula is C11H25NO2. The molecule has 3 nitrogen and oxygen atoms in total. The molecule has 0 heterocycles. The number of hydrogen-bond donors (Lipinski definition) is 1. The standard InChI is InChI=1S/C11H25NO2/c1-4-14-11(9-12)6-8-13-7-5-10(2)3/h10-11H,4-9,12H2,1-3H3. The van der Waals surface area contributed by atoms with Crippen LogP contribution in [0.5, 0.6) is 0 Å². The fourth-order valence-electron chi connectivity index (χ4n) is 1.14. The van der Waals surface area contributed by atoms with Crippen LogP contribution in [0.2, 0.25) is 0 Å². The van der Waals surface area contributed by atoms with E-state index in [9.17, 15) is 0 Å². The highest BCUT2D eigenvalue weighted by Gasteiger charge is 2.05. The molecule has 0 aliphatic carbocycles. The molecule has 0 aliphatic heterocycles. The molecule has 0 amide bonds. The van der Waals surface area contributed by atoms with Gasteiger partial charge < -0.3 is 15.2 Å². The van der Waals surface area contributed by atoms with E-state index in [-0.39, 0.29) is 6.10 Å². The summed E-state index contributed by atoms with van der Waals surface area (Å²) in [6.07, 6.45) is 2.20. The van der Waals surface area contributed by atoms with Crippen LogP contribution in [0.3, 0.4) is 0 Å². The molecular weight excluding hydrogens is 178 g/mol. The van der Waals surface area contributed by atoms with Gasteiger partial charge in [-0.1, -0.05) is 13.8 Å². The molecule has 1 atom stereocenters. The second kappa shape index (κ2) is 9.44. The number of rotatable bonds is 9. The van der Waals surface area contributed by atoms with Gasteiger partial charge in [0.15, 0.2) is 0 Å². The topological polar surface area (TPSA) is 44.5 Å². The molecule has 0 saturated heterocycles. The van der Waals surface area contributed by atoms with E-state index in [1.807, 2.05) is 6.92 Å². The molecule has 0 spiro atoms. The maximum Gasteiger partial charge on any atom is 0.0719 e. The Morgan fingerprint density at radius 3 is 2.29 bits per heavy atom. The Bertz CT molecular complexity index is 118. The van der Waals surface area contributed by atoms with Crippen molar-refractivity contribution >= 4 is 0 Å². The predicted octanol–water partition coefficient (Wildman–Crippen LogP) is 1.80. The first-order chi connectivity index (χ1) is 6.70. The molecule has 0 aliphatic rings. The molecule has 14 heavy (non-hydrogen) atoms. The van der Waals surface area contributed by atoms with Crippen molar-refractivity contribution in [1.82, 2.24) is 0 Å². The first-order valence-corrected chi connectivity index (χ1v) is 5.60. The van der Waals surface area contributed by atoms with Gasteiger partial charge in [-0.15, -0.1) is 0 Å². The second-order valence-corrected chi connectivity index (χ2v) is 3.90. The molecule has 1 unspecified atom stereocenters. The Morgan fingerprint density at radius 1 is 1.14 bits per heavy atom. The quantitative estimate of drug-likeness (QED) is 0.581. The van der Waals surface area contributed by atoms with Crippen molar-refractivity contribution in [1.29, 1.82) is 0 Å². The lowest BCUT2D eigenvalue weighted by Crippen LogP contribution is -2.25. The molecule has 0 aromatic rings. The maximum atomic E-state index is 5.54. The Labute approximate surface area is 88.0 Å². The summed E-state index contributed by atoms with van der Waals surface area (Å²) in [5.74, 6) is 0.715. The van der Waals surface area contributed by atoms with Crippen molar-refractivity contribution in [2.75, 3.05) is 26.4 Å². The van der Waals surface area contributed by atoms with Crippen molar-refractivity contribution in [3.05, 3.63) is 0 Å². The zero-order valence-corrected chi connectivity index (χ0v) is 9.79. The van der Waals surface area contributed by atoms with Gasteiger partial charge in [0.25, 0.3) is 0 Å². The van der Waals surface area contributed by atoms with Crippen molar-refractivity contribution in [3.8, 4) is 0 Å². The first-order valence-electron chi connectivity index (χ1n) is 5.60. The van der Waals surface area contributed by atoms with Crippen LogP contribution in [0.15, 0.2) is 0 Å². The lowest BCUT2D eigenvalue weighted by Gasteiger charge is -2.14. The van der Waals surface area contributed by atoms with Gasteiger partial charge in [-0.25, -0.2) is 0 Å². The van der Waals surface area contributed by atoms with E-state index in [4.69, 9.17) is 15.2 Å². The highest BCUT2D eigenvalue weighted by atomic mass is 16.5. The Hall–Kier alpha value is -0.120. The van der Waals surface area contributed by atoms with Crippen LogP contribution in [0.1, 0.15) is 33.6 Å². The van der Waals surface area contributed by atoms with Crippen LogP contribution in [0.4, 0.5) is 0 Å². The molecule has 2 N–H and O–H groups in total. The maximum absolute atomic E-state index is 5.54. The third-order valence-electron chi connectivity index (χ3n) is 2.09. The van der Waals surface area contributed by atoms with E-state index in [0.717, 1.165) is 32.7 Å². The van der Waals surface area contributed by atoms with Gasteiger partial charge in [0.1, 0.15) is 0 Å². The average Bonchev–Trinajstić information content (AvgIpc) is 2.15. The number of nitrogens with two attached hydrogens (primary N) is 1. The summed E-state index contributed by atoms with van der Waals surface area (Å²) in [7, 11) is 0. The molecule has 0 fully saturated rings. The zero-order valence-electron chi connectivity index (χ0n) is 9.79. The SMILES string of the molecule is CCOC(CN)CCOCCC(C)C. The highest BCUT2D eigenvalue weighted by Crippen LogP contribution is 2.01. The summed E-state index contributed by atoms with van der Waals surface area (Å²) >= 11 is 0. The molecule has 0 radical (unpaired) electrons. The largest absolute Gasteiger partial charge is 0.381 e. The second-order valence-electron chi connectivity index (χ2n) is 3.90. The molecule has 0 rings (SSSR count). The minimum Gasteiger partial charge on any atom is -0.381 e. The van der Waals surface area contributed by atoms with Gasteiger partial charge in [0.2, 0.25) is 0 Å². The van der Waals surface area contributed by atoms with Crippen molar-refractivity contribution in [3.63, 3.8) is 0 Å². The minimum atomic E-state index is 0.166. The summed E-state index contributed by atoms with van der Waals surface area (Å²) < 4.78 is 10.9. The van der Waals surface area contributed by atoms with Crippen LogP contribution in [0.25, 0.3) is 0 Å². The Kier molecular flexibility index (Phi) is 9.35. The van der Waals surface area contributed by atoms with Crippen LogP contribution in [-0.4, -0.2) is 32.5 Å². The van der Waals surface area contributed by atoms with Crippen LogP contribution >= 0.6 is 0 Å². The van der Waals surface area contributed by atoms with E-state index < -0.39 is 0 Å². The predicted molar refractivity (Wildman–Crippen MR) is 59.4 cm³/mol. The van der Waals surface area contributed by atoms with Crippen LogP contribution < -0.4 is 5.73 Å². The van der Waals surface area contributed by atoms with Gasteiger partial charge >= 0.3 is 0 Å². The summed E-state index contributed by atoms with van der Waals surface area (Å²) in [5.41, 5.74) is 5.54. The van der Waals surface area contributed by atoms with Gasteiger partial charge in [-0.3, -0.25) is 0 Å². The highest BCUT2D eigenvalue weighted by molar-refractivity contribution is 4.57.